The molecule has 0 aromatic carbocycles. The maximum Gasteiger partial charge on any atom is 0.230 e. The lowest BCUT2D eigenvalue weighted by Gasteiger charge is -2.34. The van der Waals surface area contributed by atoms with Crippen molar-refractivity contribution in [2.45, 2.75) is 44.3 Å². The topological polar surface area (TPSA) is 46.9 Å². The van der Waals surface area contributed by atoms with Gasteiger partial charge in [-0.05, 0) is 18.3 Å². The van der Waals surface area contributed by atoms with Gasteiger partial charge in [0.25, 0.3) is 0 Å². The van der Waals surface area contributed by atoms with Crippen LogP contribution in [0.2, 0.25) is 0 Å². The number of aromatic nitrogens is 2. The molecule has 1 aliphatic carbocycles. The van der Waals surface area contributed by atoms with Crippen LogP contribution >= 0.6 is 11.8 Å². The van der Waals surface area contributed by atoms with Crippen LogP contribution in [-0.4, -0.2) is 27.3 Å². The number of aryl methyl sites for hydroxylation is 1. The van der Waals surface area contributed by atoms with E-state index in [2.05, 4.69) is 24.1 Å². The first-order chi connectivity index (χ1) is 9.08. The fraction of sp³-hybridized carbons (Fsp3) is 0.714. The molecular weight excluding hydrogens is 258 g/mol. The van der Waals surface area contributed by atoms with Crippen molar-refractivity contribution in [1.82, 2.24) is 14.9 Å². The average molecular weight is 281 g/mol. The van der Waals surface area contributed by atoms with Crippen molar-refractivity contribution in [1.29, 1.82) is 0 Å². The normalized spacial score (nSPS) is 27.2. The first-order valence-electron chi connectivity index (χ1n) is 6.97. The number of carbonyl (C=O) groups is 1. The van der Waals surface area contributed by atoms with Gasteiger partial charge in [0.05, 0.1) is 5.75 Å². The van der Waals surface area contributed by atoms with E-state index in [1.807, 2.05) is 17.8 Å². The van der Waals surface area contributed by atoms with E-state index in [1.165, 1.54) is 24.6 Å². The van der Waals surface area contributed by atoms with Gasteiger partial charge in [0.1, 0.15) is 0 Å². The molecule has 0 saturated heterocycles. The number of nitrogens with zero attached hydrogens (tertiary/aromatic N) is 2. The Morgan fingerprint density at radius 2 is 2.32 bits per heavy atom. The number of rotatable bonds is 4. The van der Waals surface area contributed by atoms with Gasteiger partial charge in [-0.1, -0.05) is 38.5 Å². The van der Waals surface area contributed by atoms with Crippen LogP contribution in [0.25, 0.3) is 0 Å². The Hall–Kier alpha value is -0.970. The van der Waals surface area contributed by atoms with Crippen molar-refractivity contribution >= 4 is 17.7 Å². The van der Waals surface area contributed by atoms with Crippen molar-refractivity contribution in [2.24, 2.45) is 18.9 Å². The van der Waals surface area contributed by atoms with Gasteiger partial charge in [-0.25, -0.2) is 4.98 Å². The van der Waals surface area contributed by atoms with Gasteiger partial charge in [-0.2, -0.15) is 0 Å². The minimum absolute atomic E-state index is 0.124. The summed E-state index contributed by atoms with van der Waals surface area (Å²) < 4.78 is 1.93. The number of hydrogen-bond acceptors (Lipinski definition) is 3. The van der Waals surface area contributed by atoms with Crippen LogP contribution in [-0.2, 0) is 11.8 Å². The second-order valence-corrected chi connectivity index (χ2v) is 6.49. The summed E-state index contributed by atoms with van der Waals surface area (Å²) in [5.41, 5.74) is 0. The minimum Gasteiger partial charge on any atom is -0.352 e. The van der Waals surface area contributed by atoms with Crippen molar-refractivity contribution in [3.8, 4) is 0 Å². The molecule has 19 heavy (non-hydrogen) atoms. The van der Waals surface area contributed by atoms with E-state index >= 15 is 0 Å². The molecular formula is C14H23N3OS. The molecule has 0 aliphatic heterocycles. The van der Waals surface area contributed by atoms with Gasteiger partial charge in [0.2, 0.25) is 5.91 Å². The summed E-state index contributed by atoms with van der Waals surface area (Å²) in [5, 5.41) is 4.07. The van der Waals surface area contributed by atoms with Crippen LogP contribution in [0.5, 0.6) is 0 Å². The predicted octanol–water partition coefficient (Wildman–Crippen LogP) is 2.45. The second-order valence-electron chi connectivity index (χ2n) is 5.55. The smallest absolute Gasteiger partial charge is 0.230 e. The zero-order valence-electron chi connectivity index (χ0n) is 11.9. The second kappa shape index (κ2) is 6.46. The molecule has 1 saturated carbocycles. The Morgan fingerprint density at radius 1 is 1.53 bits per heavy atom. The van der Waals surface area contributed by atoms with Gasteiger partial charge in [0.15, 0.2) is 5.16 Å². The van der Waals surface area contributed by atoms with E-state index in [0.29, 0.717) is 23.6 Å². The third-order valence-corrected chi connectivity index (χ3v) is 5.22. The van der Waals surface area contributed by atoms with Gasteiger partial charge >= 0.3 is 0 Å². The minimum atomic E-state index is 0.124. The number of carbonyl (C=O) groups excluding carboxylic acids is 1. The van der Waals surface area contributed by atoms with Gasteiger partial charge in [-0.3, -0.25) is 4.79 Å². The molecule has 1 aliphatic rings. The first kappa shape index (κ1) is 14.4. The lowest BCUT2D eigenvalue weighted by atomic mass is 9.78. The summed E-state index contributed by atoms with van der Waals surface area (Å²) in [4.78, 5) is 16.2. The number of amides is 1. The van der Waals surface area contributed by atoms with E-state index < -0.39 is 0 Å². The number of hydrogen-bond donors (Lipinski definition) is 1. The Balaban J connectivity index is 1.79. The van der Waals surface area contributed by atoms with Gasteiger partial charge < -0.3 is 9.88 Å². The highest BCUT2D eigenvalue weighted by Crippen LogP contribution is 2.29. The van der Waals surface area contributed by atoms with Crippen LogP contribution in [0.1, 0.15) is 33.1 Å². The summed E-state index contributed by atoms with van der Waals surface area (Å²) in [6.45, 7) is 4.53. The molecule has 1 aromatic rings. The standard InChI is InChI=1S/C14H23N3OS/c1-10-5-4-6-12(11(10)2)16-13(18)9-19-14-15-7-8-17(14)3/h7-8,10-12H,4-6,9H2,1-3H3,(H,16,18)/t10-,11-,12+/m1/s1. The zero-order chi connectivity index (χ0) is 13.8. The molecule has 1 N–H and O–H groups in total. The lowest BCUT2D eigenvalue weighted by molar-refractivity contribution is -0.120. The van der Waals surface area contributed by atoms with E-state index in [1.54, 1.807) is 6.20 Å². The highest BCUT2D eigenvalue weighted by Gasteiger charge is 2.28. The fourth-order valence-corrected chi connectivity index (χ4v) is 3.40. The molecule has 3 atom stereocenters. The quantitative estimate of drug-likeness (QED) is 0.862. The molecule has 0 unspecified atom stereocenters. The molecule has 1 heterocycles. The van der Waals surface area contributed by atoms with Crippen molar-refractivity contribution in [2.75, 3.05) is 5.75 Å². The Kier molecular flexibility index (Phi) is 4.91. The number of nitrogens with one attached hydrogen (secondary N) is 1. The van der Waals surface area contributed by atoms with Crippen molar-refractivity contribution < 1.29 is 4.79 Å². The third-order valence-electron chi connectivity index (χ3n) is 4.16. The summed E-state index contributed by atoms with van der Waals surface area (Å²) in [6, 6.07) is 0.346. The van der Waals surface area contributed by atoms with Crippen LogP contribution in [0, 0.1) is 11.8 Å². The van der Waals surface area contributed by atoms with Crippen molar-refractivity contribution in [3.63, 3.8) is 0 Å². The van der Waals surface area contributed by atoms with E-state index in [4.69, 9.17) is 0 Å². The molecule has 1 amide bonds. The van der Waals surface area contributed by atoms with Crippen LogP contribution in [0.15, 0.2) is 17.6 Å². The summed E-state index contributed by atoms with van der Waals surface area (Å²) >= 11 is 1.49. The highest BCUT2D eigenvalue weighted by molar-refractivity contribution is 7.99. The maximum atomic E-state index is 12.0. The highest BCUT2D eigenvalue weighted by atomic mass is 32.2. The Bertz CT molecular complexity index is 432. The van der Waals surface area contributed by atoms with E-state index in [9.17, 15) is 4.79 Å². The molecule has 5 heteroatoms. The Morgan fingerprint density at radius 3 is 3.00 bits per heavy atom. The molecule has 1 fully saturated rings. The third kappa shape index (κ3) is 3.75. The van der Waals surface area contributed by atoms with Crippen LogP contribution in [0.4, 0.5) is 0 Å². The monoisotopic (exact) mass is 281 g/mol. The molecule has 0 bridgehead atoms. The summed E-state index contributed by atoms with van der Waals surface area (Å²) in [6.07, 6.45) is 7.28. The van der Waals surface area contributed by atoms with Crippen LogP contribution in [0.3, 0.4) is 0 Å². The van der Waals surface area contributed by atoms with Crippen molar-refractivity contribution in [3.05, 3.63) is 12.4 Å². The Labute approximate surface area is 119 Å². The SMILES string of the molecule is C[C@@H]1[C@H](C)CCC[C@@H]1NC(=O)CSc1nccn1C. The largest absolute Gasteiger partial charge is 0.352 e. The fourth-order valence-electron chi connectivity index (χ4n) is 2.66. The average Bonchev–Trinajstić information content (AvgIpc) is 2.78. The molecule has 106 valence electrons. The summed E-state index contributed by atoms with van der Waals surface area (Å²) in [5.74, 6) is 1.86. The lowest BCUT2D eigenvalue weighted by Crippen LogP contribution is -2.44. The number of thioether (sulfide) groups is 1. The number of imidazole rings is 1. The first-order valence-corrected chi connectivity index (χ1v) is 7.96. The summed E-state index contributed by atoms with van der Waals surface area (Å²) in [7, 11) is 1.94. The van der Waals surface area contributed by atoms with Gasteiger partial charge in [0, 0.05) is 25.5 Å². The van der Waals surface area contributed by atoms with E-state index in [0.717, 1.165) is 11.6 Å². The molecule has 0 radical (unpaired) electrons. The molecule has 2 rings (SSSR count). The zero-order valence-corrected chi connectivity index (χ0v) is 12.7. The van der Waals surface area contributed by atoms with Gasteiger partial charge in [-0.15, -0.1) is 0 Å². The predicted molar refractivity (Wildman–Crippen MR) is 78.0 cm³/mol. The molecule has 1 aromatic heterocycles. The molecule has 0 spiro atoms. The van der Waals surface area contributed by atoms with E-state index in [-0.39, 0.29) is 5.91 Å². The molecule has 4 nitrogen and oxygen atoms in total. The maximum absolute atomic E-state index is 12.0. The van der Waals surface area contributed by atoms with Crippen LogP contribution < -0.4 is 5.32 Å².